The fourth-order valence-corrected chi connectivity index (χ4v) is 2.16. The SMILES string of the molecule is CCCn1cc(CNCc2ccn(C(C)C)n2)c(C)n1. The van der Waals surface area contributed by atoms with Crippen molar-refractivity contribution in [3.63, 3.8) is 0 Å². The normalized spacial score (nSPS) is 11.4. The summed E-state index contributed by atoms with van der Waals surface area (Å²) in [5.74, 6) is 0. The predicted octanol–water partition coefficient (Wildman–Crippen LogP) is 2.67. The maximum absolute atomic E-state index is 4.53. The van der Waals surface area contributed by atoms with E-state index in [1.54, 1.807) is 0 Å². The summed E-state index contributed by atoms with van der Waals surface area (Å²) >= 11 is 0. The van der Waals surface area contributed by atoms with Crippen molar-refractivity contribution in [2.24, 2.45) is 0 Å². The van der Waals surface area contributed by atoms with E-state index in [0.29, 0.717) is 6.04 Å². The first-order chi connectivity index (χ1) is 9.60. The van der Waals surface area contributed by atoms with Gasteiger partial charge in [0, 0.05) is 43.6 Å². The van der Waals surface area contributed by atoms with Crippen LogP contribution in [0, 0.1) is 6.92 Å². The summed E-state index contributed by atoms with van der Waals surface area (Å²) in [7, 11) is 0. The van der Waals surface area contributed by atoms with E-state index in [2.05, 4.69) is 55.5 Å². The third-order valence-corrected chi connectivity index (χ3v) is 3.31. The zero-order chi connectivity index (χ0) is 14.5. The van der Waals surface area contributed by atoms with Crippen LogP contribution >= 0.6 is 0 Å². The van der Waals surface area contributed by atoms with Crippen LogP contribution in [0.1, 0.15) is 50.2 Å². The van der Waals surface area contributed by atoms with E-state index in [1.807, 2.05) is 15.6 Å². The van der Waals surface area contributed by atoms with Gasteiger partial charge >= 0.3 is 0 Å². The molecule has 0 radical (unpaired) electrons. The Kier molecular flexibility index (Phi) is 4.95. The first-order valence-corrected chi connectivity index (χ1v) is 7.37. The van der Waals surface area contributed by atoms with Crippen molar-refractivity contribution in [3.8, 4) is 0 Å². The molecule has 0 aliphatic heterocycles. The van der Waals surface area contributed by atoms with E-state index >= 15 is 0 Å². The summed E-state index contributed by atoms with van der Waals surface area (Å²) in [6.07, 6.45) is 5.28. The molecule has 0 aromatic carbocycles. The van der Waals surface area contributed by atoms with Crippen molar-refractivity contribution in [2.75, 3.05) is 0 Å². The van der Waals surface area contributed by atoms with Crippen molar-refractivity contribution < 1.29 is 0 Å². The maximum atomic E-state index is 4.53. The van der Waals surface area contributed by atoms with Crippen molar-refractivity contribution in [1.29, 1.82) is 0 Å². The van der Waals surface area contributed by atoms with Crippen molar-refractivity contribution >= 4 is 0 Å². The minimum absolute atomic E-state index is 0.415. The van der Waals surface area contributed by atoms with Crippen molar-refractivity contribution in [2.45, 2.75) is 59.8 Å². The highest BCUT2D eigenvalue weighted by Gasteiger charge is 2.05. The van der Waals surface area contributed by atoms with Gasteiger partial charge in [-0.2, -0.15) is 10.2 Å². The Bertz CT molecular complexity index is 538. The first kappa shape index (κ1) is 14.8. The average molecular weight is 275 g/mol. The Morgan fingerprint density at radius 3 is 2.70 bits per heavy atom. The molecule has 5 nitrogen and oxygen atoms in total. The van der Waals surface area contributed by atoms with Gasteiger partial charge in [-0.25, -0.2) is 0 Å². The molecular weight excluding hydrogens is 250 g/mol. The van der Waals surface area contributed by atoms with Crippen LogP contribution in [0.25, 0.3) is 0 Å². The molecule has 0 unspecified atom stereocenters. The third kappa shape index (κ3) is 3.70. The molecule has 0 spiro atoms. The van der Waals surface area contributed by atoms with Gasteiger partial charge in [-0.05, 0) is 33.3 Å². The van der Waals surface area contributed by atoms with E-state index in [1.165, 1.54) is 5.56 Å². The van der Waals surface area contributed by atoms with Crippen molar-refractivity contribution in [1.82, 2.24) is 24.9 Å². The number of hydrogen-bond acceptors (Lipinski definition) is 3. The number of nitrogens with zero attached hydrogens (tertiary/aromatic N) is 4. The van der Waals surface area contributed by atoms with Gasteiger partial charge in [0.15, 0.2) is 0 Å². The van der Waals surface area contributed by atoms with Gasteiger partial charge in [0.25, 0.3) is 0 Å². The van der Waals surface area contributed by atoms with E-state index in [4.69, 9.17) is 0 Å². The minimum atomic E-state index is 0.415. The topological polar surface area (TPSA) is 47.7 Å². The Hall–Kier alpha value is -1.62. The smallest absolute Gasteiger partial charge is 0.0762 e. The van der Waals surface area contributed by atoms with Gasteiger partial charge in [-0.3, -0.25) is 9.36 Å². The molecule has 0 saturated carbocycles. The van der Waals surface area contributed by atoms with Crippen LogP contribution in [-0.2, 0) is 19.6 Å². The molecule has 0 fully saturated rings. The summed E-state index contributed by atoms with van der Waals surface area (Å²) in [6, 6.07) is 2.48. The van der Waals surface area contributed by atoms with Gasteiger partial charge in [-0.15, -0.1) is 0 Å². The van der Waals surface area contributed by atoms with E-state index in [-0.39, 0.29) is 0 Å². The Morgan fingerprint density at radius 1 is 1.25 bits per heavy atom. The van der Waals surface area contributed by atoms with Crippen LogP contribution in [0.15, 0.2) is 18.5 Å². The van der Waals surface area contributed by atoms with Gasteiger partial charge in [-0.1, -0.05) is 6.92 Å². The summed E-state index contributed by atoms with van der Waals surface area (Å²) < 4.78 is 4.02. The highest BCUT2D eigenvalue weighted by molar-refractivity contribution is 5.15. The van der Waals surface area contributed by atoms with Gasteiger partial charge in [0.05, 0.1) is 11.4 Å². The van der Waals surface area contributed by atoms with Gasteiger partial charge in [0.1, 0.15) is 0 Å². The highest BCUT2D eigenvalue weighted by Crippen LogP contribution is 2.07. The number of rotatable bonds is 7. The maximum Gasteiger partial charge on any atom is 0.0762 e. The molecule has 0 bridgehead atoms. The zero-order valence-electron chi connectivity index (χ0n) is 12.9. The van der Waals surface area contributed by atoms with Crippen LogP contribution in [0.3, 0.4) is 0 Å². The molecule has 0 atom stereocenters. The molecule has 0 saturated heterocycles. The molecule has 2 rings (SSSR count). The second-order valence-corrected chi connectivity index (χ2v) is 5.49. The predicted molar refractivity (Wildman–Crippen MR) is 80.4 cm³/mol. The largest absolute Gasteiger partial charge is 0.307 e. The monoisotopic (exact) mass is 275 g/mol. The van der Waals surface area contributed by atoms with E-state index in [0.717, 1.165) is 37.4 Å². The summed E-state index contributed by atoms with van der Waals surface area (Å²) in [6.45, 7) is 11.1. The lowest BCUT2D eigenvalue weighted by atomic mass is 10.2. The second-order valence-electron chi connectivity index (χ2n) is 5.49. The molecule has 0 amide bonds. The molecule has 20 heavy (non-hydrogen) atoms. The second kappa shape index (κ2) is 6.70. The van der Waals surface area contributed by atoms with Crippen LogP contribution in [-0.4, -0.2) is 19.6 Å². The quantitative estimate of drug-likeness (QED) is 0.845. The molecule has 5 heteroatoms. The van der Waals surface area contributed by atoms with Crippen LogP contribution in [0.4, 0.5) is 0 Å². The number of hydrogen-bond donors (Lipinski definition) is 1. The fourth-order valence-electron chi connectivity index (χ4n) is 2.16. The Balaban J connectivity index is 1.85. The number of nitrogens with one attached hydrogen (secondary N) is 1. The molecule has 2 aromatic heterocycles. The molecule has 110 valence electrons. The molecule has 2 heterocycles. The minimum Gasteiger partial charge on any atom is -0.307 e. The standard InChI is InChI=1S/C15H25N5/c1-5-7-19-11-14(13(4)17-19)9-16-10-15-6-8-20(18-15)12(2)3/h6,8,11-12,16H,5,7,9-10H2,1-4H3. The molecular formula is C15H25N5. The van der Waals surface area contributed by atoms with E-state index < -0.39 is 0 Å². The van der Waals surface area contributed by atoms with E-state index in [9.17, 15) is 0 Å². The van der Waals surface area contributed by atoms with Gasteiger partial charge in [0.2, 0.25) is 0 Å². The summed E-state index contributed by atoms with van der Waals surface area (Å²) in [4.78, 5) is 0. The number of aromatic nitrogens is 4. The number of aryl methyl sites for hydroxylation is 2. The van der Waals surface area contributed by atoms with Crippen LogP contribution < -0.4 is 5.32 Å². The van der Waals surface area contributed by atoms with Gasteiger partial charge < -0.3 is 5.32 Å². The zero-order valence-corrected chi connectivity index (χ0v) is 12.9. The highest BCUT2D eigenvalue weighted by atomic mass is 15.3. The molecule has 0 aliphatic rings. The lowest BCUT2D eigenvalue weighted by molar-refractivity contribution is 0.521. The van der Waals surface area contributed by atoms with Crippen molar-refractivity contribution in [3.05, 3.63) is 35.4 Å². The Labute approximate surface area is 121 Å². The lowest BCUT2D eigenvalue weighted by Gasteiger charge is -2.04. The molecule has 1 N–H and O–H groups in total. The summed E-state index contributed by atoms with van der Waals surface area (Å²) in [5.41, 5.74) is 3.46. The first-order valence-electron chi connectivity index (χ1n) is 7.37. The third-order valence-electron chi connectivity index (χ3n) is 3.31. The molecule has 2 aromatic rings. The lowest BCUT2D eigenvalue weighted by Crippen LogP contribution is -2.14. The fraction of sp³-hybridized carbons (Fsp3) is 0.600. The Morgan fingerprint density at radius 2 is 2.05 bits per heavy atom. The molecule has 0 aliphatic carbocycles. The average Bonchev–Trinajstić information content (AvgIpc) is 2.98. The van der Waals surface area contributed by atoms with Crippen LogP contribution in [0.5, 0.6) is 0 Å². The van der Waals surface area contributed by atoms with Crippen LogP contribution in [0.2, 0.25) is 0 Å². The summed E-state index contributed by atoms with van der Waals surface area (Å²) in [5, 5.41) is 12.5.